The number of nitrogens with zero attached hydrogens (tertiary/aromatic N) is 3. The van der Waals surface area contributed by atoms with Gasteiger partial charge in [0.15, 0.2) is 12.4 Å². The maximum Gasteiger partial charge on any atom is 0.235 e. The summed E-state index contributed by atoms with van der Waals surface area (Å²) in [7, 11) is 4.17. The van der Waals surface area contributed by atoms with Crippen LogP contribution in [-0.2, 0) is 11.8 Å². The number of H-pyrrole nitrogens is 1. The molecule has 7 heteroatoms. The number of pyridine rings is 2. The van der Waals surface area contributed by atoms with E-state index in [0.29, 0.717) is 6.04 Å². The summed E-state index contributed by atoms with van der Waals surface area (Å²) in [5.41, 5.74) is 10.7. The molecule has 1 spiro atoms. The lowest BCUT2D eigenvalue weighted by molar-refractivity contribution is -0.925. The molecule has 7 nitrogen and oxygen atoms in total. The van der Waals surface area contributed by atoms with Crippen molar-refractivity contribution in [2.24, 2.45) is 11.8 Å². The number of anilines is 1. The van der Waals surface area contributed by atoms with Crippen molar-refractivity contribution in [3.05, 3.63) is 102 Å². The number of piperidine rings is 1. The summed E-state index contributed by atoms with van der Waals surface area (Å²) in [5.74, 6) is 1.13. The lowest BCUT2D eigenvalue weighted by atomic mass is 9.53. The number of rotatable bonds is 4. The van der Waals surface area contributed by atoms with Gasteiger partial charge in [0.1, 0.15) is 23.9 Å². The summed E-state index contributed by atoms with van der Waals surface area (Å²) in [4.78, 5) is 6.28. The van der Waals surface area contributed by atoms with Crippen molar-refractivity contribution in [1.29, 1.82) is 0 Å². The van der Waals surface area contributed by atoms with Crippen LogP contribution in [0.25, 0.3) is 32.9 Å². The SMILES string of the molecule is CCc1c[n+]2ccc3c([nH]c4cccc(OC)c43)c2cc1C1=CN2c3ccccc3[C@]34CC[N@@+]5(C)C/C(=C/CO)[C@H](C[C@@H]35)C(C1O)[C@H]24. The molecule has 0 amide bonds. The van der Waals surface area contributed by atoms with Crippen LogP contribution in [0.5, 0.6) is 5.75 Å². The first-order chi connectivity index (χ1) is 22.9. The van der Waals surface area contributed by atoms with Crippen molar-refractivity contribution in [3.8, 4) is 5.75 Å². The van der Waals surface area contributed by atoms with E-state index in [2.05, 4.69) is 95.4 Å². The van der Waals surface area contributed by atoms with E-state index < -0.39 is 6.10 Å². The van der Waals surface area contributed by atoms with E-state index in [-0.39, 0.29) is 29.9 Å². The van der Waals surface area contributed by atoms with Crippen LogP contribution in [0, 0.1) is 11.8 Å². The van der Waals surface area contributed by atoms with Gasteiger partial charge in [0.25, 0.3) is 0 Å². The first-order valence-electron chi connectivity index (χ1n) is 17.3. The second-order valence-corrected chi connectivity index (χ2v) is 14.9. The average Bonchev–Trinajstić information content (AvgIpc) is 3.73. The summed E-state index contributed by atoms with van der Waals surface area (Å²) >= 11 is 0. The highest BCUT2D eigenvalue weighted by Crippen LogP contribution is 2.67. The molecule has 5 aliphatic rings. The molecule has 7 heterocycles. The third-order valence-corrected chi connectivity index (χ3v) is 13.1. The van der Waals surface area contributed by atoms with Gasteiger partial charge in [-0.3, -0.25) is 0 Å². The van der Waals surface area contributed by atoms with E-state index >= 15 is 0 Å². The highest BCUT2D eigenvalue weighted by molar-refractivity contribution is 6.13. The molecule has 3 aromatic heterocycles. The van der Waals surface area contributed by atoms with E-state index in [0.717, 1.165) is 81.0 Å². The number of hydrogen-bond donors (Lipinski definition) is 3. The van der Waals surface area contributed by atoms with E-state index in [4.69, 9.17) is 4.74 Å². The zero-order chi connectivity index (χ0) is 31.8. The molecular weight excluding hydrogens is 584 g/mol. The van der Waals surface area contributed by atoms with Gasteiger partial charge in [-0.05, 0) is 47.2 Å². The molecule has 238 valence electrons. The van der Waals surface area contributed by atoms with Gasteiger partial charge >= 0.3 is 0 Å². The van der Waals surface area contributed by atoms with Crippen LogP contribution >= 0.6 is 0 Å². The number of aliphatic hydroxyl groups excluding tert-OH is 2. The molecule has 5 aromatic rings. The van der Waals surface area contributed by atoms with Crippen molar-refractivity contribution in [2.45, 2.75) is 49.8 Å². The third kappa shape index (κ3) is 3.35. The van der Waals surface area contributed by atoms with Gasteiger partial charge in [-0.2, -0.15) is 4.40 Å². The van der Waals surface area contributed by atoms with Crippen LogP contribution in [0.1, 0.15) is 36.5 Å². The number of ether oxygens (including phenoxy) is 1. The molecule has 0 radical (unpaired) electrons. The zero-order valence-electron chi connectivity index (χ0n) is 27.3. The van der Waals surface area contributed by atoms with Crippen LogP contribution in [0.4, 0.5) is 5.69 Å². The van der Waals surface area contributed by atoms with Crippen molar-refractivity contribution >= 4 is 38.6 Å². The maximum atomic E-state index is 12.8. The van der Waals surface area contributed by atoms with Gasteiger partial charge < -0.3 is 29.3 Å². The predicted molar refractivity (Wildman–Crippen MR) is 184 cm³/mol. The first kappa shape index (κ1) is 27.9. The Morgan fingerprint density at radius 1 is 1.17 bits per heavy atom. The van der Waals surface area contributed by atoms with E-state index in [1.54, 1.807) is 7.11 Å². The summed E-state index contributed by atoms with van der Waals surface area (Å²) in [6, 6.07) is 20.4. The smallest absolute Gasteiger partial charge is 0.235 e. The van der Waals surface area contributed by atoms with E-state index in [1.165, 1.54) is 22.4 Å². The summed E-state index contributed by atoms with van der Waals surface area (Å²) in [6.45, 7) is 4.35. The standard InChI is InChI=1S/C40H41N4O3/c1-4-23-20-42-15-12-25-35-30(9-7-11-33(35)47-3)41-37(25)32(42)18-26(23)28-21-43-31-10-6-5-8-29(31)40-14-16-44(2)22-24(13-17-45)27(19-34(40)44)36(38(28)46)39(40)43/h5-13,15,18,20-21,27,34,36,38-39,45-46H,4,14,16-17,19,22H2,1-3H3/q+1/p+1/b24-13-/t27-,34-,36?,38?,39-,40+,44-/m0/s1. The molecule has 2 bridgehead atoms. The number of methoxy groups -OCH3 is 1. The Labute approximate surface area is 274 Å². The number of aromatic nitrogens is 2. The molecule has 1 saturated carbocycles. The zero-order valence-corrected chi connectivity index (χ0v) is 27.3. The molecule has 2 aromatic carbocycles. The molecule has 7 atom stereocenters. The minimum absolute atomic E-state index is 0.0165. The van der Waals surface area contributed by atoms with Crippen molar-refractivity contribution < 1.29 is 23.8 Å². The number of nitrogens with one attached hydrogen (secondary N) is 1. The number of aryl methyl sites for hydroxylation is 1. The lowest BCUT2D eigenvalue weighted by Crippen LogP contribution is -2.70. The van der Waals surface area contributed by atoms with Gasteiger partial charge in [0, 0.05) is 64.7 Å². The summed E-state index contributed by atoms with van der Waals surface area (Å²) in [5, 5.41) is 25.2. The van der Waals surface area contributed by atoms with Crippen molar-refractivity contribution in [1.82, 2.24) is 4.98 Å². The van der Waals surface area contributed by atoms with Crippen molar-refractivity contribution in [3.63, 3.8) is 0 Å². The fourth-order valence-electron chi connectivity index (χ4n) is 11.3. The highest BCUT2D eigenvalue weighted by Gasteiger charge is 2.73. The second kappa shape index (κ2) is 9.47. The number of likely N-dealkylation sites (N-methyl/N-ethyl adjacent to an activating group) is 1. The van der Waals surface area contributed by atoms with Gasteiger partial charge in [-0.1, -0.05) is 37.3 Å². The molecule has 1 aliphatic carbocycles. The van der Waals surface area contributed by atoms with Gasteiger partial charge in [-0.25, -0.2) is 0 Å². The number of benzene rings is 2. The van der Waals surface area contributed by atoms with Crippen LogP contribution in [0.15, 0.2) is 84.8 Å². The Morgan fingerprint density at radius 3 is 2.87 bits per heavy atom. The third-order valence-electron chi connectivity index (χ3n) is 13.1. The molecule has 47 heavy (non-hydrogen) atoms. The molecule has 2 unspecified atom stereocenters. The Bertz CT molecular complexity index is 2220. The largest absolute Gasteiger partial charge is 0.496 e. The van der Waals surface area contributed by atoms with Crippen LogP contribution in [0.3, 0.4) is 0 Å². The lowest BCUT2D eigenvalue weighted by Gasteiger charge is -2.59. The fraction of sp³-hybridized carbons (Fsp3) is 0.375. The minimum atomic E-state index is -0.623. The second-order valence-electron chi connectivity index (χ2n) is 14.9. The Hall–Kier alpha value is -4.17. The topological polar surface area (TPSA) is 72.8 Å². The Kier molecular flexibility index (Phi) is 5.62. The minimum Gasteiger partial charge on any atom is -0.496 e. The van der Waals surface area contributed by atoms with Gasteiger partial charge in [0.2, 0.25) is 5.52 Å². The van der Waals surface area contributed by atoms with Crippen LogP contribution in [0.2, 0.25) is 0 Å². The van der Waals surface area contributed by atoms with Crippen LogP contribution < -0.4 is 14.0 Å². The molecule has 10 rings (SSSR count). The van der Waals surface area contributed by atoms with Gasteiger partial charge in [0.05, 0.1) is 50.4 Å². The van der Waals surface area contributed by atoms with E-state index in [1.807, 2.05) is 12.1 Å². The van der Waals surface area contributed by atoms with E-state index in [9.17, 15) is 10.2 Å². The number of aliphatic hydroxyl groups is 2. The number of fused-ring (bicyclic) bond motifs is 9. The summed E-state index contributed by atoms with van der Waals surface area (Å²) in [6.07, 6.45) is 11.2. The number of para-hydroxylation sites is 1. The first-order valence-corrected chi connectivity index (χ1v) is 17.3. The highest BCUT2D eigenvalue weighted by atomic mass is 16.5. The Morgan fingerprint density at radius 2 is 2.04 bits per heavy atom. The number of quaternary nitrogens is 1. The monoisotopic (exact) mass is 626 g/mol. The average molecular weight is 627 g/mol. The molecule has 3 N–H and O–H groups in total. The molecule has 2 saturated heterocycles. The van der Waals surface area contributed by atoms with Crippen LogP contribution in [-0.4, -0.2) is 71.7 Å². The molecular formula is C40H42N4O3+2. The summed E-state index contributed by atoms with van der Waals surface area (Å²) < 4.78 is 9.03. The number of aromatic amines is 1. The number of hydrogen-bond acceptors (Lipinski definition) is 4. The molecule has 3 fully saturated rings. The quantitative estimate of drug-likeness (QED) is 0.145. The Balaban J connectivity index is 1.23. The van der Waals surface area contributed by atoms with Crippen molar-refractivity contribution in [2.75, 3.05) is 38.8 Å². The molecule has 4 aliphatic heterocycles. The normalized spacial score (nSPS) is 32.7. The predicted octanol–water partition coefficient (Wildman–Crippen LogP) is 5.26. The fourth-order valence-corrected chi connectivity index (χ4v) is 11.3. The van der Waals surface area contributed by atoms with Gasteiger partial charge in [-0.15, -0.1) is 0 Å². The maximum absolute atomic E-state index is 12.8.